The van der Waals surface area contributed by atoms with Crippen LogP contribution in [0.15, 0.2) is 48.5 Å². The van der Waals surface area contributed by atoms with Crippen molar-refractivity contribution in [2.24, 2.45) is 0 Å². The van der Waals surface area contributed by atoms with Crippen molar-refractivity contribution in [2.45, 2.75) is 51.7 Å². The minimum Gasteiger partial charge on any atom is -0.491 e. The van der Waals surface area contributed by atoms with Crippen molar-refractivity contribution in [1.82, 2.24) is 4.90 Å². The number of carbonyl (C=O) groups is 1. The molecule has 1 atom stereocenters. The molecule has 1 fully saturated rings. The molecule has 150 valence electrons. The van der Waals surface area contributed by atoms with E-state index in [4.69, 9.17) is 21.1 Å². The molecule has 2 aromatic carbocycles. The highest BCUT2D eigenvalue weighted by Crippen LogP contribution is 2.23. The summed E-state index contributed by atoms with van der Waals surface area (Å²) in [5.74, 6) is 0.816. The first-order valence-electron chi connectivity index (χ1n) is 9.76. The highest BCUT2D eigenvalue weighted by atomic mass is 35.5. The first-order valence-corrected chi connectivity index (χ1v) is 10.1. The van der Waals surface area contributed by atoms with E-state index in [0.29, 0.717) is 6.61 Å². The molecule has 0 radical (unpaired) electrons. The van der Waals surface area contributed by atoms with E-state index in [1.165, 1.54) is 11.1 Å². The molecule has 0 saturated carbocycles. The van der Waals surface area contributed by atoms with Crippen molar-refractivity contribution in [3.8, 4) is 5.75 Å². The maximum atomic E-state index is 12.4. The molecule has 3 rings (SSSR count). The standard InChI is InChI=1S/C23H28ClNO3/c1-23(2,3)28-22(26)25-14-4-5-20(25)16-27-21-12-8-18(9-13-21)15-17-6-10-19(24)11-7-17/h6-13,20H,4-5,14-16H2,1-3H3. The van der Waals surface area contributed by atoms with E-state index in [-0.39, 0.29) is 12.1 Å². The number of benzene rings is 2. The fourth-order valence-electron chi connectivity index (χ4n) is 3.30. The van der Waals surface area contributed by atoms with Gasteiger partial charge in [-0.1, -0.05) is 35.9 Å². The van der Waals surface area contributed by atoms with Gasteiger partial charge in [0.2, 0.25) is 0 Å². The molecule has 1 aliphatic heterocycles. The van der Waals surface area contributed by atoms with Gasteiger partial charge in [0.15, 0.2) is 0 Å². The number of hydrogen-bond donors (Lipinski definition) is 0. The van der Waals surface area contributed by atoms with Crippen molar-refractivity contribution < 1.29 is 14.3 Å². The zero-order valence-electron chi connectivity index (χ0n) is 16.8. The third kappa shape index (κ3) is 5.90. The molecule has 0 spiro atoms. The topological polar surface area (TPSA) is 38.8 Å². The maximum absolute atomic E-state index is 12.4. The Kier molecular flexibility index (Phi) is 6.50. The molecule has 5 heteroatoms. The SMILES string of the molecule is CC(C)(C)OC(=O)N1CCCC1COc1ccc(Cc2ccc(Cl)cc2)cc1. The lowest BCUT2D eigenvalue weighted by Crippen LogP contribution is -2.42. The average Bonchev–Trinajstić information content (AvgIpc) is 3.10. The molecule has 1 heterocycles. The van der Waals surface area contributed by atoms with Crippen LogP contribution in [-0.2, 0) is 11.2 Å². The molecule has 1 aliphatic rings. The van der Waals surface area contributed by atoms with E-state index in [1.807, 2.05) is 57.2 Å². The molecule has 0 N–H and O–H groups in total. The second-order valence-corrected chi connectivity index (χ2v) is 8.66. The number of halogens is 1. The summed E-state index contributed by atoms with van der Waals surface area (Å²) in [6.45, 7) is 6.87. The van der Waals surface area contributed by atoms with Gasteiger partial charge in [0.05, 0.1) is 6.04 Å². The van der Waals surface area contributed by atoms with Crippen LogP contribution in [0.3, 0.4) is 0 Å². The number of amides is 1. The lowest BCUT2D eigenvalue weighted by molar-refractivity contribution is 0.0187. The van der Waals surface area contributed by atoms with Crippen LogP contribution in [0.25, 0.3) is 0 Å². The lowest BCUT2D eigenvalue weighted by atomic mass is 10.1. The van der Waals surface area contributed by atoms with Crippen LogP contribution < -0.4 is 4.74 Å². The van der Waals surface area contributed by atoms with Crippen LogP contribution in [-0.4, -0.2) is 35.8 Å². The van der Waals surface area contributed by atoms with Crippen LogP contribution >= 0.6 is 11.6 Å². The molecule has 2 aromatic rings. The van der Waals surface area contributed by atoms with Gasteiger partial charge in [-0.3, -0.25) is 0 Å². The third-order valence-electron chi connectivity index (χ3n) is 4.69. The average molecular weight is 402 g/mol. The van der Waals surface area contributed by atoms with E-state index in [9.17, 15) is 4.79 Å². The second-order valence-electron chi connectivity index (χ2n) is 8.23. The van der Waals surface area contributed by atoms with E-state index in [1.54, 1.807) is 4.90 Å². The van der Waals surface area contributed by atoms with Crippen molar-refractivity contribution in [2.75, 3.05) is 13.2 Å². The predicted molar refractivity (Wildman–Crippen MR) is 112 cm³/mol. The number of nitrogens with zero attached hydrogens (tertiary/aromatic N) is 1. The van der Waals surface area contributed by atoms with Gasteiger partial charge >= 0.3 is 6.09 Å². The summed E-state index contributed by atoms with van der Waals surface area (Å²) in [6, 6.07) is 16.1. The number of likely N-dealkylation sites (tertiary alicyclic amines) is 1. The first kappa shape index (κ1) is 20.5. The summed E-state index contributed by atoms with van der Waals surface area (Å²) in [4.78, 5) is 14.2. The van der Waals surface area contributed by atoms with Crippen molar-refractivity contribution in [3.05, 3.63) is 64.7 Å². The Bertz CT molecular complexity index is 781. The minimum absolute atomic E-state index is 0.0589. The summed E-state index contributed by atoms with van der Waals surface area (Å²) in [6.07, 6.45) is 2.52. The summed E-state index contributed by atoms with van der Waals surface area (Å²) in [5, 5.41) is 0.750. The Morgan fingerprint density at radius 2 is 1.68 bits per heavy atom. The molecule has 0 aromatic heterocycles. The molecular formula is C23H28ClNO3. The van der Waals surface area contributed by atoms with E-state index < -0.39 is 5.60 Å². The van der Waals surface area contributed by atoms with Gasteiger partial charge in [-0.25, -0.2) is 4.79 Å². The van der Waals surface area contributed by atoms with E-state index >= 15 is 0 Å². The number of rotatable bonds is 5. The van der Waals surface area contributed by atoms with Crippen LogP contribution in [0.5, 0.6) is 5.75 Å². The fraction of sp³-hybridized carbons (Fsp3) is 0.435. The molecule has 0 bridgehead atoms. The second kappa shape index (κ2) is 8.87. The quantitative estimate of drug-likeness (QED) is 0.644. The van der Waals surface area contributed by atoms with Crippen molar-refractivity contribution >= 4 is 17.7 Å². The Balaban J connectivity index is 1.52. The van der Waals surface area contributed by atoms with Crippen molar-refractivity contribution in [3.63, 3.8) is 0 Å². The van der Waals surface area contributed by atoms with Crippen LogP contribution in [0, 0.1) is 0 Å². The van der Waals surface area contributed by atoms with Gasteiger partial charge in [-0.05, 0) is 75.4 Å². The van der Waals surface area contributed by atoms with Crippen LogP contribution in [0.1, 0.15) is 44.7 Å². The molecule has 1 amide bonds. The summed E-state index contributed by atoms with van der Waals surface area (Å²) in [7, 11) is 0. The molecule has 0 aliphatic carbocycles. The van der Waals surface area contributed by atoms with E-state index in [0.717, 1.165) is 36.6 Å². The Morgan fingerprint density at radius 3 is 2.29 bits per heavy atom. The Labute approximate surface area is 172 Å². The normalized spacial score (nSPS) is 16.9. The van der Waals surface area contributed by atoms with Gasteiger partial charge in [0.25, 0.3) is 0 Å². The maximum Gasteiger partial charge on any atom is 0.410 e. The monoisotopic (exact) mass is 401 g/mol. The zero-order valence-corrected chi connectivity index (χ0v) is 17.5. The van der Waals surface area contributed by atoms with Gasteiger partial charge in [0, 0.05) is 11.6 Å². The summed E-state index contributed by atoms with van der Waals surface area (Å²) in [5.41, 5.74) is 1.95. The lowest BCUT2D eigenvalue weighted by Gasteiger charge is -2.28. The zero-order chi connectivity index (χ0) is 20.1. The number of ether oxygens (including phenoxy) is 2. The van der Waals surface area contributed by atoms with Gasteiger partial charge in [-0.15, -0.1) is 0 Å². The fourth-order valence-corrected chi connectivity index (χ4v) is 3.43. The first-order chi connectivity index (χ1) is 13.3. The summed E-state index contributed by atoms with van der Waals surface area (Å²) < 4.78 is 11.5. The van der Waals surface area contributed by atoms with Crippen LogP contribution in [0.4, 0.5) is 4.79 Å². The minimum atomic E-state index is -0.481. The molecule has 1 saturated heterocycles. The third-order valence-corrected chi connectivity index (χ3v) is 4.94. The number of hydrogen-bond acceptors (Lipinski definition) is 3. The Morgan fingerprint density at radius 1 is 1.07 bits per heavy atom. The smallest absolute Gasteiger partial charge is 0.410 e. The highest BCUT2D eigenvalue weighted by molar-refractivity contribution is 6.30. The molecule has 28 heavy (non-hydrogen) atoms. The predicted octanol–water partition coefficient (Wildman–Crippen LogP) is 5.71. The highest BCUT2D eigenvalue weighted by Gasteiger charge is 2.32. The van der Waals surface area contributed by atoms with Gasteiger partial charge in [0.1, 0.15) is 18.0 Å². The van der Waals surface area contributed by atoms with E-state index in [2.05, 4.69) is 12.1 Å². The van der Waals surface area contributed by atoms with Crippen molar-refractivity contribution in [1.29, 1.82) is 0 Å². The molecule has 4 nitrogen and oxygen atoms in total. The van der Waals surface area contributed by atoms with Gasteiger partial charge < -0.3 is 14.4 Å². The Hall–Kier alpha value is -2.20. The van der Waals surface area contributed by atoms with Crippen LogP contribution in [0.2, 0.25) is 5.02 Å². The molecule has 1 unspecified atom stereocenters. The largest absolute Gasteiger partial charge is 0.491 e. The molecular weight excluding hydrogens is 374 g/mol. The van der Waals surface area contributed by atoms with Gasteiger partial charge in [-0.2, -0.15) is 0 Å². The summed E-state index contributed by atoms with van der Waals surface area (Å²) >= 11 is 5.94. The number of carbonyl (C=O) groups excluding carboxylic acids is 1.